The van der Waals surface area contributed by atoms with Crippen LogP contribution in [-0.4, -0.2) is 34.9 Å². The second kappa shape index (κ2) is 4.58. The number of hydrogen-bond acceptors (Lipinski definition) is 3. The van der Waals surface area contributed by atoms with E-state index in [1.54, 1.807) is 0 Å². The number of nitrogens with two attached hydrogens (primary N) is 1. The summed E-state index contributed by atoms with van der Waals surface area (Å²) in [5, 5.41) is 10.8. The van der Waals surface area contributed by atoms with Gasteiger partial charge in [-0.1, -0.05) is 0 Å². The summed E-state index contributed by atoms with van der Waals surface area (Å²) in [5.74, 6) is -1.31. The van der Waals surface area contributed by atoms with Crippen molar-refractivity contribution in [2.45, 2.75) is 44.4 Å². The summed E-state index contributed by atoms with van der Waals surface area (Å²) in [7, 11) is 0. The molecule has 16 heavy (non-hydrogen) atoms. The van der Waals surface area contributed by atoms with Crippen LogP contribution in [0.4, 0.5) is 13.2 Å². The van der Waals surface area contributed by atoms with E-state index < -0.39 is 23.2 Å². The molecular formula is C9H17F3N2O2. The summed E-state index contributed by atoms with van der Waals surface area (Å²) in [6.45, 7) is 3.39. The molecule has 0 aliphatic heterocycles. The van der Waals surface area contributed by atoms with Gasteiger partial charge in [0.1, 0.15) is 0 Å². The SMILES string of the molecule is CC(C)(CCO)NC(=O)C(C)(N)C(F)(F)F. The summed E-state index contributed by atoms with van der Waals surface area (Å²) in [6, 6.07) is 0. The monoisotopic (exact) mass is 242 g/mol. The van der Waals surface area contributed by atoms with Crippen LogP contribution in [0.3, 0.4) is 0 Å². The number of aliphatic hydroxyl groups is 1. The highest BCUT2D eigenvalue weighted by Gasteiger charge is 2.54. The van der Waals surface area contributed by atoms with Crippen molar-refractivity contribution in [1.29, 1.82) is 0 Å². The van der Waals surface area contributed by atoms with Crippen LogP contribution in [0.2, 0.25) is 0 Å². The Labute approximate surface area is 92.0 Å². The van der Waals surface area contributed by atoms with Crippen molar-refractivity contribution in [2.24, 2.45) is 5.73 Å². The summed E-state index contributed by atoms with van der Waals surface area (Å²) in [5.41, 5.74) is 1.08. The minimum absolute atomic E-state index is 0.146. The zero-order chi connectivity index (χ0) is 13.2. The molecule has 0 rings (SSSR count). The third-order valence-corrected chi connectivity index (χ3v) is 2.25. The maximum Gasteiger partial charge on any atom is 0.415 e. The number of hydrogen-bond donors (Lipinski definition) is 3. The highest BCUT2D eigenvalue weighted by atomic mass is 19.4. The molecule has 0 heterocycles. The van der Waals surface area contributed by atoms with Crippen LogP contribution in [0, 0.1) is 0 Å². The first-order chi connectivity index (χ1) is 6.94. The molecule has 0 saturated heterocycles. The molecule has 7 heteroatoms. The molecule has 0 aliphatic rings. The largest absolute Gasteiger partial charge is 0.415 e. The van der Waals surface area contributed by atoms with Gasteiger partial charge in [0.25, 0.3) is 0 Å². The predicted molar refractivity (Wildman–Crippen MR) is 52.6 cm³/mol. The van der Waals surface area contributed by atoms with Gasteiger partial charge in [0.05, 0.1) is 0 Å². The average Bonchev–Trinajstić information content (AvgIpc) is 2.00. The minimum Gasteiger partial charge on any atom is -0.396 e. The van der Waals surface area contributed by atoms with E-state index in [2.05, 4.69) is 5.32 Å². The van der Waals surface area contributed by atoms with Gasteiger partial charge in [-0.2, -0.15) is 13.2 Å². The van der Waals surface area contributed by atoms with Crippen molar-refractivity contribution in [3.05, 3.63) is 0 Å². The van der Waals surface area contributed by atoms with E-state index in [4.69, 9.17) is 10.8 Å². The van der Waals surface area contributed by atoms with Crippen LogP contribution >= 0.6 is 0 Å². The lowest BCUT2D eigenvalue weighted by atomic mass is 9.96. The summed E-state index contributed by atoms with van der Waals surface area (Å²) in [4.78, 5) is 11.4. The molecule has 1 unspecified atom stereocenters. The van der Waals surface area contributed by atoms with Gasteiger partial charge >= 0.3 is 6.18 Å². The predicted octanol–water partition coefficient (Wildman–Crippen LogP) is 0.543. The molecule has 4 N–H and O–H groups in total. The molecular weight excluding hydrogens is 225 g/mol. The average molecular weight is 242 g/mol. The molecule has 0 fully saturated rings. The van der Waals surface area contributed by atoms with E-state index in [1.807, 2.05) is 0 Å². The maximum absolute atomic E-state index is 12.4. The van der Waals surface area contributed by atoms with Crippen LogP contribution in [0.5, 0.6) is 0 Å². The van der Waals surface area contributed by atoms with Crippen LogP contribution in [0.25, 0.3) is 0 Å². The Bertz CT molecular complexity index is 262. The topological polar surface area (TPSA) is 75.3 Å². The summed E-state index contributed by atoms with van der Waals surface area (Å²) >= 11 is 0. The number of halogens is 3. The molecule has 0 bridgehead atoms. The smallest absolute Gasteiger partial charge is 0.396 e. The normalized spacial score (nSPS) is 16.8. The highest BCUT2D eigenvalue weighted by Crippen LogP contribution is 2.28. The van der Waals surface area contributed by atoms with E-state index in [0.29, 0.717) is 6.92 Å². The fourth-order valence-electron chi connectivity index (χ4n) is 0.908. The van der Waals surface area contributed by atoms with Crippen molar-refractivity contribution in [1.82, 2.24) is 5.32 Å². The minimum atomic E-state index is -4.81. The quantitative estimate of drug-likeness (QED) is 0.673. The van der Waals surface area contributed by atoms with Crippen molar-refractivity contribution in [3.63, 3.8) is 0 Å². The molecule has 0 aromatic carbocycles. The molecule has 96 valence electrons. The van der Waals surface area contributed by atoms with Gasteiger partial charge in [0.2, 0.25) is 5.91 Å². The highest BCUT2D eigenvalue weighted by molar-refractivity contribution is 5.87. The van der Waals surface area contributed by atoms with E-state index in [1.165, 1.54) is 13.8 Å². The molecule has 0 spiro atoms. The Morgan fingerprint density at radius 1 is 1.31 bits per heavy atom. The van der Waals surface area contributed by atoms with Gasteiger partial charge in [0.15, 0.2) is 5.54 Å². The Kier molecular flexibility index (Phi) is 4.35. The zero-order valence-corrected chi connectivity index (χ0v) is 9.48. The van der Waals surface area contributed by atoms with Gasteiger partial charge in [0, 0.05) is 12.1 Å². The number of rotatable bonds is 4. The third-order valence-electron chi connectivity index (χ3n) is 2.25. The fraction of sp³-hybridized carbons (Fsp3) is 0.889. The lowest BCUT2D eigenvalue weighted by Crippen LogP contribution is -2.64. The molecule has 0 saturated carbocycles. The number of aliphatic hydroxyl groups excluding tert-OH is 1. The van der Waals surface area contributed by atoms with Gasteiger partial charge in [-0.15, -0.1) is 0 Å². The molecule has 1 amide bonds. The van der Waals surface area contributed by atoms with Gasteiger partial charge in [-0.25, -0.2) is 0 Å². The summed E-state index contributed by atoms with van der Waals surface area (Å²) < 4.78 is 37.2. The van der Waals surface area contributed by atoms with E-state index in [-0.39, 0.29) is 13.0 Å². The third kappa shape index (κ3) is 3.64. The van der Waals surface area contributed by atoms with Crippen molar-refractivity contribution in [2.75, 3.05) is 6.61 Å². The Morgan fingerprint density at radius 2 is 1.75 bits per heavy atom. The first-order valence-electron chi connectivity index (χ1n) is 4.73. The number of alkyl halides is 3. The standard InChI is InChI=1S/C9H17F3N2O2/c1-7(2,4-5-15)14-6(16)8(3,13)9(10,11)12/h15H,4-5,13H2,1-3H3,(H,14,16). The van der Waals surface area contributed by atoms with E-state index in [9.17, 15) is 18.0 Å². The van der Waals surface area contributed by atoms with Crippen LogP contribution in [0.1, 0.15) is 27.2 Å². The maximum atomic E-state index is 12.4. The Hall–Kier alpha value is -0.820. The zero-order valence-electron chi connectivity index (χ0n) is 9.48. The molecule has 4 nitrogen and oxygen atoms in total. The molecule has 1 atom stereocenters. The Balaban J connectivity index is 4.71. The first kappa shape index (κ1) is 15.2. The number of nitrogens with one attached hydrogen (secondary N) is 1. The fourth-order valence-corrected chi connectivity index (χ4v) is 0.908. The second-order valence-electron chi connectivity index (χ2n) is 4.51. The van der Waals surface area contributed by atoms with Gasteiger partial charge in [-0.3, -0.25) is 4.79 Å². The molecule has 0 aromatic heterocycles. The lowest BCUT2D eigenvalue weighted by molar-refractivity contribution is -0.188. The van der Waals surface area contributed by atoms with Crippen molar-refractivity contribution < 1.29 is 23.1 Å². The molecule has 0 aliphatic carbocycles. The van der Waals surface area contributed by atoms with Crippen LogP contribution in [-0.2, 0) is 4.79 Å². The van der Waals surface area contributed by atoms with E-state index >= 15 is 0 Å². The second-order valence-corrected chi connectivity index (χ2v) is 4.51. The number of carbonyl (C=O) groups excluding carboxylic acids is 1. The number of amides is 1. The summed E-state index contributed by atoms with van der Waals surface area (Å²) in [6.07, 6.45) is -4.67. The van der Waals surface area contributed by atoms with Crippen molar-refractivity contribution >= 4 is 5.91 Å². The first-order valence-corrected chi connectivity index (χ1v) is 4.73. The lowest BCUT2D eigenvalue weighted by Gasteiger charge is -2.32. The van der Waals surface area contributed by atoms with E-state index in [0.717, 1.165) is 0 Å². The number of carbonyl (C=O) groups is 1. The molecule has 0 aromatic rings. The van der Waals surface area contributed by atoms with Crippen molar-refractivity contribution in [3.8, 4) is 0 Å². The van der Waals surface area contributed by atoms with Gasteiger partial charge in [-0.05, 0) is 27.2 Å². The van der Waals surface area contributed by atoms with Crippen LogP contribution < -0.4 is 11.1 Å². The Morgan fingerprint density at radius 3 is 2.06 bits per heavy atom. The molecule has 0 radical (unpaired) electrons. The van der Waals surface area contributed by atoms with Gasteiger partial charge < -0.3 is 16.2 Å². The van der Waals surface area contributed by atoms with Crippen LogP contribution in [0.15, 0.2) is 0 Å².